The Labute approximate surface area is 150 Å². The lowest BCUT2D eigenvalue weighted by Gasteiger charge is -2.19. The molecule has 0 bridgehead atoms. The molecule has 3 aromatic rings. The van der Waals surface area contributed by atoms with Crippen LogP contribution in [-0.4, -0.2) is 17.5 Å². The summed E-state index contributed by atoms with van der Waals surface area (Å²) < 4.78 is 6.70. The zero-order chi connectivity index (χ0) is 17.1. The Morgan fingerprint density at radius 1 is 1.12 bits per heavy atom. The Kier molecular flexibility index (Phi) is 4.76. The minimum absolute atomic E-state index is 0.0413. The highest BCUT2D eigenvalue weighted by Crippen LogP contribution is 2.28. The lowest BCUT2D eigenvalue weighted by atomic mass is 9.90. The van der Waals surface area contributed by atoms with Crippen LogP contribution in [0.3, 0.4) is 0 Å². The summed E-state index contributed by atoms with van der Waals surface area (Å²) in [6, 6.07) is 14.2. The first-order chi connectivity index (χ1) is 12.3. The van der Waals surface area contributed by atoms with E-state index in [4.69, 9.17) is 4.74 Å². The average Bonchev–Trinajstić information content (AvgIpc) is 3.05. The van der Waals surface area contributed by atoms with E-state index in [0.29, 0.717) is 6.61 Å². The molecule has 0 radical (unpaired) electrons. The van der Waals surface area contributed by atoms with Crippen molar-refractivity contribution in [1.82, 2.24) is 4.98 Å². The van der Waals surface area contributed by atoms with Gasteiger partial charge >= 0.3 is 0 Å². The van der Waals surface area contributed by atoms with Crippen LogP contribution in [0.2, 0.25) is 0 Å². The zero-order valence-corrected chi connectivity index (χ0v) is 14.8. The summed E-state index contributed by atoms with van der Waals surface area (Å²) in [7, 11) is 0. The van der Waals surface area contributed by atoms with E-state index in [1.54, 1.807) is 11.3 Å². The van der Waals surface area contributed by atoms with Gasteiger partial charge in [0, 0.05) is 5.69 Å². The van der Waals surface area contributed by atoms with Gasteiger partial charge < -0.3 is 10.1 Å². The molecule has 0 saturated carbocycles. The largest absolute Gasteiger partial charge is 0.364 e. The molecule has 4 rings (SSSR count). The highest BCUT2D eigenvalue weighted by Gasteiger charge is 2.14. The fourth-order valence-electron chi connectivity index (χ4n) is 3.30. The Morgan fingerprint density at radius 2 is 2.00 bits per heavy atom. The molecule has 0 atom stereocenters. The van der Waals surface area contributed by atoms with Crippen molar-refractivity contribution >= 4 is 33.1 Å². The predicted octanol–water partition coefficient (Wildman–Crippen LogP) is 4.33. The average molecular weight is 352 g/mol. The molecule has 128 valence electrons. The molecule has 25 heavy (non-hydrogen) atoms. The van der Waals surface area contributed by atoms with Crippen LogP contribution < -0.4 is 5.32 Å². The minimum Gasteiger partial charge on any atom is -0.364 e. The monoisotopic (exact) mass is 352 g/mol. The van der Waals surface area contributed by atoms with Gasteiger partial charge in [0.2, 0.25) is 5.91 Å². The van der Waals surface area contributed by atoms with Crippen LogP contribution in [0.15, 0.2) is 42.5 Å². The summed E-state index contributed by atoms with van der Waals surface area (Å²) in [5.74, 6) is -0.111. The van der Waals surface area contributed by atoms with Gasteiger partial charge in [-0.25, -0.2) is 4.98 Å². The van der Waals surface area contributed by atoms with Gasteiger partial charge in [-0.2, -0.15) is 0 Å². The number of thiazole rings is 1. The number of hydrogen-bond acceptors (Lipinski definition) is 4. The van der Waals surface area contributed by atoms with Crippen LogP contribution in [0.25, 0.3) is 10.2 Å². The van der Waals surface area contributed by atoms with E-state index in [-0.39, 0.29) is 12.5 Å². The lowest BCUT2D eigenvalue weighted by Crippen LogP contribution is -2.20. The SMILES string of the molecule is O=C(COCc1nc2ccccc2s1)Nc1cccc2c1CCCC2. The number of anilines is 1. The molecule has 1 N–H and O–H groups in total. The van der Waals surface area contributed by atoms with E-state index in [2.05, 4.69) is 16.4 Å². The van der Waals surface area contributed by atoms with E-state index >= 15 is 0 Å². The molecule has 5 heteroatoms. The van der Waals surface area contributed by atoms with Gasteiger partial charge in [-0.3, -0.25) is 4.79 Å². The standard InChI is InChI=1S/C20H20N2O2S/c23-19(21-16-10-5-7-14-6-1-2-8-15(14)16)12-24-13-20-22-17-9-3-4-11-18(17)25-20/h3-5,7,9-11H,1-2,6,8,12-13H2,(H,21,23). The normalized spacial score (nSPS) is 13.6. The second-order valence-corrected chi connectivity index (χ2v) is 7.38. The highest BCUT2D eigenvalue weighted by molar-refractivity contribution is 7.18. The van der Waals surface area contributed by atoms with Gasteiger partial charge in [-0.15, -0.1) is 11.3 Å². The number of nitrogens with one attached hydrogen (secondary N) is 1. The number of para-hydroxylation sites is 1. The van der Waals surface area contributed by atoms with Gasteiger partial charge in [-0.1, -0.05) is 24.3 Å². The Hall–Kier alpha value is -2.24. The van der Waals surface area contributed by atoms with E-state index in [1.165, 1.54) is 24.0 Å². The first-order valence-electron chi connectivity index (χ1n) is 8.62. The molecule has 1 aliphatic carbocycles. The summed E-state index contributed by atoms with van der Waals surface area (Å²) in [6.07, 6.45) is 4.56. The van der Waals surface area contributed by atoms with E-state index in [0.717, 1.165) is 33.8 Å². The van der Waals surface area contributed by atoms with Crippen molar-refractivity contribution in [3.8, 4) is 0 Å². The van der Waals surface area contributed by atoms with E-state index < -0.39 is 0 Å². The maximum atomic E-state index is 12.2. The highest BCUT2D eigenvalue weighted by atomic mass is 32.1. The molecule has 1 heterocycles. The van der Waals surface area contributed by atoms with Crippen LogP contribution in [0.5, 0.6) is 0 Å². The zero-order valence-electron chi connectivity index (χ0n) is 14.0. The number of amides is 1. The summed E-state index contributed by atoms with van der Waals surface area (Å²) in [5, 5.41) is 3.90. The molecule has 1 amide bonds. The third-order valence-electron chi connectivity index (χ3n) is 4.47. The van der Waals surface area contributed by atoms with Crippen molar-refractivity contribution in [3.05, 3.63) is 58.6 Å². The number of fused-ring (bicyclic) bond motifs is 2. The van der Waals surface area contributed by atoms with Gasteiger partial charge in [-0.05, 0) is 55.0 Å². The fourth-order valence-corrected chi connectivity index (χ4v) is 4.20. The molecule has 1 aliphatic rings. The van der Waals surface area contributed by atoms with Crippen molar-refractivity contribution in [2.45, 2.75) is 32.3 Å². The van der Waals surface area contributed by atoms with Gasteiger partial charge in [0.25, 0.3) is 0 Å². The first kappa shape index (κ1) is 16.2. The molecule has 0 spiro atoms. The topological polar surface area (TPSA) is 51.2 Å². The number of rotatable bonds is 5. The van der Waals surface area contributed by atoms with Gasteiger partial charge in [0.15, 0.2) is 0 Å². The van der Waals surface area contributed by atoms with Crippen LogP contribution in [0.1, 0.15) is 29.0 Å². The predicted molar refractivity (Wildman–Crippen MR) is 101 cm³/mol. The fraction of sp³-hybridized carbons (Fsp3) is 0.300. The Morgan fingerprint density at radius 3 is 2.92 bits per heavy atom. The second-order valence-electron chi connectivity index (χ2n) is 6.27. The number of nitrogens with zero attached hydrogens (tertiary/aromatic N) is 1. The Balaban J connectivity index is 1.33. The molecular weight excluding hydrogens is 332 g/mol. The number of benzene rings is 2. The van der Waals surface area contributed by atoms with Crippen LogP contribution >= 0.6 is 11.3 Å². The number of hydrogen-bond donors (Lipinski definition) is 1. The van der Waals surface area contributed by atoms with Crippen molar-refractivity contribution in [2.75, 3.05) is 11.9 Å². The third kappa shape index (κ3) is 3.72. The lowest BCUT2D eigenvalue weighted by molar-refractivity contribution is -0.121. The van der Waals surface area contributed by atoms with Crippen molar-refractivity contribution in [2.24, 2.45) is 0 Å². The van der Waals surface area contributed by atoms with Crippen molar-refractivity contribution in [1.29, 1.82) is 0 Å². The maximum absolute atomic E-state index is 12.2. The van der Waals surface area contributed by atoms with Crippen LogP contribution in [-0.2, 0) is 29.0 Å². The van der Waals surface area contributed by atoms with E-state index in [9.17, 15) is 4.79 Å². The smallest absolute Gasteiger partial charge is 0.250 e. The first-order valence-corrected chi connectivity index (χ1v) is 9.44. The van der Waals surface area contributed by atoms with Crippen molar-refractivity contribution < 1.29 is 9.53 Å². The molecule has 0 fully saturated rings. The summed E-state index contributed by atoms with van der Waals surface area (Å²) >= 11 is 1.60. The molecule has 1 aromatic heterocycles. The maximum Gasteiger partial charge on any atom is 0.250 e. The van der Waals surface area contributed by atoms with Crippen molar-refractivity contribution in [3.63, 3.8) is 0 Å². The molecule has 4 nitrogen and oxygen atoms in total. The number of aromatic nitrogens is 1. The molecular formula is C20H20N2O2S. The van der Waals surface area contributed by atoms with Crippen LogP contribution in [0, 0.1) is 0 Å². The van der Waals surface area contributed by atoms with Crippen LogP contribution in [0.4, 0.5) is 5.69 Å². The minimum atomic E-state index is -0.111. The summed E-state index contributed by atoms with van der Waals surface area (Å²) in [4.78, 5) is 16.7. The number of ether oxygens (including phenoxy) is 1. The summed E-state index contributed by atoms with van der Waals surface area (Å²) in [6.45, 7) is 0.402. The number of carbonyl (C=O) groups is 1. The van der Waals surface area contributed by atoms with Gasteiger partial charge in [0.05, 0.1) is 16.8 Å². The molecule has 2 aromatic carbocycles. The molecule has 0 aliphatic heterocycles. The third-order valence-corrected chi connectivity index (χ3v) is 5.48. The summed E-state index contributed by atoms with van der Waals surface area (Å²) in [5.41, 5.74) is 4.56. The quantitative estimate of drug-likeness (QED) is 0.743. The molecule has 0 unspecified atom stereocenters. The van der Waals surface area contributed by atoms with Gasteiger partial charge in [0.1, 0.15) is 11.6 Å². The number of aryl methyl sites for hydroxylation is 1. The second kappa shape index (κ2) is 7.33. The number of carbonyl (C=O) groups excluding carboxylic acids is 1. The van der Waals surface area contributed by atoms with E-state index in [1.807, 2.05) is 36.4 Å². The molecule has 0 saturated heterocycles. The Bertz CT molecular complexity index is 871.